The molecular formula is C24H28F3N5O4S2. The number of carboxylic acids is 1. The molecule has 0 unspecified atom stereocenters. The molecule has 2 aromatic carbocycles. The van der Waals surface area contributed by atoms with E-state index in [1.54, 1.807) is 17.0 Å². The highest BCUT2D eigenvalue weighted by molar-refractivity contribution is 7.59. The van der Waals surface area contributed by atoms with Gasteiger partial charge in [-0.25, -0.2) is 4.79 Å². The van der Waals surface area contributed by atoms with E-state index >= 15 is 0 Å². The van der Waals surface area contributed by atoms with E-state index in [9.17, 15) is 23.2 Å². The standard InChI is InChI=1S/C22H23N5O2.C2HF3O2.2H2S/c23-12-16-2-1-9-27(16)22(28)20(25)10-14-13-26-21-8-7-18(11-19(14)21)29-17-5-3-15(24)4-6-17;3-2(4,5)1(6)7;;/h3-8,11,13,16,20,26H,1-2,9-10,24-25H2;(H,6,7);2*1H2/t16-,20-;;;/m0.../s1. The van der Waals surface area contributed by atoms with Crippen molar-refractivity contribution in [3.05, 3.63) is 54.2 Å². The number of halogens is 3. The molecule has 0 bridgehead atoms. The van der Waals surface area contributed by atoms with Crippen molar-refractivity contribution in [3.63, 3.8) is 0 Å². The Morgan fingerprint density at radius 2 is 1.79 bits per heavy atom. The van der Waals surface area contributed by atoms with Gasteiger partial charge in [0.2, 0.25) is 5.91 Å². The molecule has 1 fully saturated rings. The first-order chi connectivity index (χ1) is 17.0. The number of carbonyl (C=O) groups is 2. The Labute approximate surface area is 230 Å². The fraction of sp³-hybridized carbons (Fsp3) is 0.292. The van der Waals surface area contributed by atoms with Crippen molar-refractivity contribution in [3.8, 4) is 17.6 Å². The van der Waals surface area contributed by atoms with Crippen LogP contribution < -0.4 is 16.2 Å². The molecule has 0 aliphatic carbocycles. The number of nitrogen functional groups attached to an aromatic ring is 1. The molecule has 6 N–H and O–H groups in total. The summed E-state index contributed by atoms with van der Waals surface area (Å²) in [5.74, 6) is -1.55. The Kier molecular flexibility index (Phi) is 11.8. The zero-order valence-corrected chi connectivity index (χ0v) is 22.0. The quantitative estimate of drug-likeness (QED) is 0.339. The Morgan fingerprint density at radius 3 is 2.37 bits per heavy atom. The Hall–Kier alpha value is -3.54. The molecule has 38 heavy (non-hydrogen) atoms. The lowest BCUT2D eigenvalue weighted by atomic mass is 10.0. The number of nitrogens with one attached hydrogen (secondary N) is 1. The molecular weight excluding hydrogens is 543 g/mol. The zero-order valence-electron chi connectivity index (χ0n) is 20.0. The van der Waals surface area contributed by atoms with Crippen LogP contribution in [0, 0.1) is 11.3 Å². The van der Waals surface area contributed by atoms with Gasteiger partial charge in [0.1, 0.15) is 17.5 Å². The SMILES string of the molecule is N#C[C@@H]1CCCN1C(=O)[C@@H](N)Cc1c[nH]c2ccc(Oc3ccc(N)cc3)cc12.O=C(O)C(F)(F)F.S.S. The van der Waals surface area contributed by atoms with Crippen LogP contribution in [-0.2, 0) is 16.0 Å². The number of nitriles is 1. The fourth-order valence-corrected chi connectivity index (χ4v) is 3.76. The molecule has 0 saturated carbocycles. The summed E-state index contributed by atoms with van der Waals surface area (Å²) >= 11 is 0. The maximum Gasteiger partial charge on any atom is 0.490 e. The molecule has 206 valence electrons. The molecule has 4 rings (SSSR count). The number of alkyl halides is 3. The Morgan fingerprint density at radius 1 is 1.18 bits per heavy atom. The first-order valence-electron chi connectivity index (χ1n) is 10.9. The lowest BCUT2D eigenvalue weighted by Gasteiger charge is -2.23. The largest absolute Gasteiger partial charge is 0.490 e. The van der Waals surface area contributed by atoms with Crippen LogP contribution in [0.5, 0.6) is 11.5 Å². The van der Waals surface area contributed by atoms with Gasteiger partial charge in [-0.05, 0) is 67.3 Å². The molecule has 0 radical (unpaired) electrons. The van der Waals surface area contributed by atoms with Crippen molar-refractivity contribution in [2.75, 3.05) is 12.3 Å². The number of amides is 1. The van der Waals surface area contributed by atoms with E-state index in [1.807, 2.05) is 36.5 Å². The number of hydrogen-bond donors (Lipinski definition) is 4. The molecule has 2 atom stereocenters. The predicted octanol–water partition coefficient (Wildman–Crippen LogP) is 3.79. The Balaban J connectivity index is 0.000000712. The van der Waals surface area contributed by atoms with Gasteiger partial charge in [0.15, 0.2) is 0 Å². The molecule has 3 aromatic rings. The second-order valence-electron chi connectivity index (χ2n) is 8.12. The number of carbonyl (C=O) groups excluding carboxylic acids is 1. The topological polar surface area (TPSA) is 158 Å². The van der Waals surface area contributed by atoms with Gasteiger partial charge >= 0.3 is 12.1 Å². The highest BCUT2D eigenvalue weighted by Gasteiger charge is 2.38. The third kappa shape index (κ3) is 8.23. The lowest BCUT2D eigenvalue weighted by Crippen LogP contribution is -2.46. The van der Waals surface area contributed by atoms with Gasteiger partial charge in [-0.1, -0.05) is 0 Å². The number of likely N-dealkylation sites (tertiary alicyclic amines) is 1. The fourth-order valence-electron chi connectivity index (χ4n) is 3.76. The minimum absolute atomic E-state index is 0. The maximum atomic E-state index is 12.7. The number of anilines is 1. The molecule has 1 aromatic heterocycles. The number of hydrogen-bond acceptors (Lipinski definition) is 6. The van der Waals surface area contributed by atoms with Gasteiger partial charge < -0.3 is 31.2 Å². The van der Waals surface area contributed by atoms with Crippen LogP contribution in [0.15, 0.2) is 48.7 Å². The predicted molar refractivity (Wildman–Crippen MR) is 146 cm³/mol. The van der Waals surface area contributed by atoms with Crippen LogP contribution in [0.3, 0.4) is 0 Å². The summed E-state index contributed by atoms with van der Waals surface area (Å²) in [5.41, 5.74) is 14.5. The van der Waals surface area contributed by atoms with E-state index in [4.69, 9.17) is 26.1 Å². The highest BCUT2D eigenvalue weighted by Crippen LogP contribution is 2.29. The number of ether oxygens (including phenoxy) is 1. The second kappa shape index (κ2) is 13.8. The molecule has 1 aliphatic rings. The van der Waals surface area contributed by atoms with Gasteiger partial charge in [-0.3, -0.25) is 4.79 Å². The normalized spacial score (nSPS) is 15.2. The maximum absolute atomic E-state index is 12.7. The zero-order chi connectivity index (χ0) is 26.5. The molecule has 1 aliphatic heterocycles. The molecule has 2 heterocycles. The lowest BCUT2D eigenvalue weighted by molar-refractivity contribution is -0.192. The van der Waals surface area contributed by atoms with E-state index in [1.165, 1.54) is 0 Å². The number of fused-ring (bicyclic) bond motifs is 1. The summed E-state index contributed by atoms with van der Waals surface area (Å²) in [7, 11) is 0. The molecule has 0 spiro atoms. The summed E-state index contributed by atoms with van der Waals surface area (Å²) in [4.78, 5) is 26.4. The van der Waals surface area contributed by atoms with Crippen molar-refractivity contribution in [1.29, 1.82) is 5.26 Å². The number of benzene rings is 2. The molecule has 9 nitrogen and oxygen atoms in total. The molecule has 14 heteroatoms. The number of aliphatic carboxylic acids is 1. The van der Waals surface area contributed by atoms with Crippen molar-refractivity contribution >= 4 is 55.5 Å². The number of aromatic nitrogens is 1. The number of aromatic amines is 1. The minimum Gasteiger partial charge on any atom is -0.475 e. The summed E-state index contributed by atoms with van der Waals surface area (Å²) < 4.78 is 37.7. The number of nitrogens with zero attached hydrogens (tertiary/aromatic N) is 2. The summed E-state index contributed by atoms with van der Waals surface area (Å²) in [6, 6.07) is 14.1. The van der Waals surface area contributed by atoms with Crippen LogP contribution >= 0.6 is 27.0 Å². The van der Waals surface area contributed by atoms with Crippen LogP contribution in [0.1, 0.15) is 18.4 Å². The average molecular weight is 572 g/mol. The number of carboxylic acid groups (broad SMARTS) is 1. The average Bonchev–Trinajstić information content (AvgIpc) is 3.47. The van der Waals surface area contributed by atoms with Gasteiger partial charge in [0, 0.05) is 29.3 Å². The van der Waals surface area contributed by atoms with Crippen LogP contribution in [-0.4, -0.2) is 51.7 Å². The third-order valence-electron chi connectivity index (χ3n) is 5.54. The monoisotopic (exact) mass is 571 g/mol. The third-order valence-corrected chi connectivity index (χ3v) is 5.54. The number of nitrogens with two attached hydrogens (primary N) is 2. The number of H-pyrrole nitrogens is 1. The van der Waals surface area contributed by atoms with Crippen LogP contribution in [0.4, 0.5) is 18.9 Å². The van der Waals surface area contributed by atoms with E-state index in [0.717, 1.165) is 22.9 Å². The Bertz CT molecular complexity index is 1280. The molecule has 1 saturated heterocycles. The van der Waals surface area contributed by atoms with Crippen molar-refractivity contribution in [2.45, 2.75) is 37.5 Å². The van der Waals surface area contributed by atoms with Gasteiger partial charge in [-0.15, -0.1) is 0 Å². The summed E-state index contributed by atoms with van der Waals surface area (Å²) in [5, 5.41) is 17.3. The van der Waals surface area contributed by atoms with Gasteiger partial charge in [0.05, 0.1) is 12.1 Å². The molecule has 1 amide bonds. The summed E-state index contributed by atoms with van der Waals surface area (Å²) in [6.45, 7) is 0.595. The van der Waals surface area contributed by atoms with Gasteiger partial charge in [-0.2, -0.15) is 45.4 Å². The van der Waals surface area contributed by atoms with Gasteiger partial charge in [0.25, 0.3) is 0 Å². The first kappa shape index (κ1) is 32.5. The first-order valence-corrected chi connectivity index (χ1v) is 10.9. The van der Waals surface area contributed by atoms with E-state index in [0.29, 0.717) is 36.6 Å². The van der Waals surface area contributed by atoms with Crippen LogP contribution in [0.25, 0.3) is 10.9 Å². The summed E-state index contributed by atoms with van der Waals surface area (Å²) in [6.07, 6.45) is -1.27. The minimum atomic E-state index is -5.08. The number of rotatable bonds is 5. The highest BCUT2D eigenvalue weighted by atomic mass is 32.1. The van der Waals surface area contributed by atoms with Crippen molar-refractivity contribution < 1.29 is 32.6 Å². The smallest absolute Gasteiger partial charge is 0.475 e. The van der Waals surface area contributed by atoms with Crippen molar-refractivity contribution in [2.24, 2.45) is 5.73 Å². The van der Waals surface area contributed by atoms with E-state index < -0.39 is 18.2 Å². The second-order valence-corrected chi connectivity index (χ2v) is 8.12. The van der Waals surface area contributed by atoms with E-state index in [2.05, 4.69) is 11.1 Å². The van der Waals surface area contributed by atoms with E-state index in [-0.39, 0.29) is 38.9 Å². The van der Waals surface area contributed by atoms with Crippen LogP contribution in [0.2, 0.25) is 0 Å². The van der Waals surface area contributed by atoms with Crippen molar-refractivity contribution in [1.82, 2.24) is 9.88 Å².